The Morgan fingerprint density at radius 3 is 2.79 bits per heavy atom. The minimum Gasteiger partial charge on any atom is -0.481 e. The van der Waals surface area contributed by atoms with Crippen LogP contribution in [0.25, 0.3) is 10.8 Å². The molecule has 0 atom stereocenters. The van der Waals surface area contributed by atoms with Crippen LogP contribution < -0.4 is 10.5 Å². The Kier molecular flexibility index (Phi) is 2.00. The maximum Gasteiger partial charge on any atom is 0.221 e. The molecule has 0 spiro atoms. The highest BCUT2D eigenvalue weighted by atomic mass is 16.5. The van der Waals surface area contributed by atoms with Gasteiger partial charge in [-0.1, -0.05) is 0 Å². The number of fused-ring (bicyclic) bond motifs is 1. The van der Waals surface area contributed by atoms with Gasteiger partial charge in [0.1, 0.15) is 0 Å². The topological polar surface area (TPSA) is 48.1 Å². The van der Waals surface area contributed by atoms with E-state index < -0.39 is 0 Å². The van der Waals surface area contributed by atoms with E-state index in [2.05, 4.69) is 4.98 Å². The molecule has 0 amide bonds. The first-order valence-corrected chi connectivity index (χ1v) is 4.41. The van der Waals surface area contributed by atoms with Crippen molar-refractivity contribution >= 4 is 16.5 Å². The summed E-state index contributed by atoms with van der Waals surface area (Å²) in [6.45, 7) is 2.01. The number of nitrogens with two attached hydrogens (primary N) is 1. The predicted molar refractivity (Wildman–Crippen MR) is 57.4 cm³/mol. The zero-order chi connectivity index (χ0) is 10.1. The lowest BCUT2D eigenvalue weighted by atomic mass is 10.1. The molecule has 0 unspecified atom stereocenters. The van der Waals surface area contributed by atoms with E-state index in [4.69, 9.17) is 10.5 Å². The zero-order valence-corrected chi connectivity index (χ0v) is 8.24. The maximum atomic E-state index is 5.72. The second kappa shape index (κ2) is 3.18. The van der Waals surface area contributed by atoms with Crippen molar-refractivity contribution in [1.29, 1.82) is 0 Å². The van der Waals surface area contributed by atoms with Gasteiger partial charge in [0.05, 0.1) is 7.11 Å². The van der Waals surface area contributed by atoms with Gasteiger partial charge in [-0.2, -0.15) is 0 Å². The van der Waals surface area contributed by atoms with Crippen LogP contribution in [0.15, 0.2) is 24.4 Å². The summed E-state index contributed by atoms with van der Waals surface area (Å²) in [7, 11) is 1.62. The van der Waals surface area contributed by atoms with Crippen LogP contribution in [0.1, 0.15) is 5.56 Å². The van der Waals surface area contributed by atoms with Crippen LogP contribution in [0.4, 0.5) is 5.69 Å². The van der Waals surface area contributed by atoms with Crippen molar-refractivity contribution in [2.45, 2.75) is 6.92 Å². The first-order chi connectivity index (χ1) is 6.72. The second-order valence-corrected chi connectivity index (χ2v) is 3.26. The highest BCUT2D eigenvalue weighted by Crippen LogP contribution is 2.27. The third-order valence-electron chi connectivity index (χ3n) is 2.27. The molecular weight excluding hydrogens is 176 g/mol. The van der Waals surface area contributed by atoms with Crippen LogP contribution in [0.5, 0.6) is 5.88 Å². The van der Waals surface area contributed by atoms with Gasteiger partial charge in [-0.05, 0) is 36.1 Å². The maximum absolute atomic E-state index is 5.72. The Labute approximate surface area is 82.5 Å². The van der Waals surface area contributed by atoms with E-state index in [1.54, 1.807) is 13.3 Å². The van der Waals surface area contributed by atoms with Gasteiger partial charge in [-0.3, -0.25) is 0 Å². The van der Waals surface area contributed by atoms with Gasteiger partial charge in [0.25, 0.3) is 0 Å². The molecule has 0 aliphatic carbocycles. The number of ether oxygens (including phenoxy) is 1. The van der Waals surface area contributed by atoms with E-state index in [1.165, 1.54) is 0 Å². The Morgan fingerprint density at radius 1 is 1.29 bits per heavy atom. The van der Waals surface area contributed by atoms with Gasteiger partial charge in [-0.15, -0.1) is 0 Å². The normalized spacial score (nSPS) is 10.4. The first kappa shape index (κ1) is 8.81. The molecule has 0 fully saturated rings. The molecule has 1 heterocycles. The number of nitrogen functional groups attached to an aromatic ring is 1. The molecule has 0 aliphatic rings. The number of methoxy groups -OCH3 is 1. The number of anilines is 1. The van der Waals surface area contributed by atoms with Crippen molar-refractivity contribution in [3.05, 3.63) is 30.0 Å². The third kappa shape index (κ3) is 1.27. The molecule has 2 rings (SSSR count). The molecule has 1 aromatic carbocycles. The minimum atomic E-state index is 0.644. The fourth-order valence-corrected chi connectivity index (χ4v) is 1.53. The van der Waals surface area contributed by atoms with Crippen molar-refractivity contribution in [2.24, 2.45) is 0 Å². The predicted octanol–water partition coefficient (Wildman–Crippen LogP) is 2.13. The molecule has 0 saturated heterocycles. The van der Waals surface area contributed by atoms with Gasteiger partial charge in [0.15, 0.2) is 0 Å². The minimum absolute atomic E-state index is 0.644. The van der Waals surface area contributed by atoms with Crippen LogP contribution in [0, 0.1) is 6.92 Å². The van der Waals surface area contributed by atoms with E-state index >= 15 is 0 Å². The van der Waals surface area contributed by atoms with Gasteiger partial charge in [0, 0.05) is 17.3 Å². The van der Waals surface area contributed by atoms with Crippen LogP contribution >= 0.6 is 0 Å². The van der Waals surface area contributed by atoms with E-state index in [0.717, 1.165) is 22.0 Å². The van der Waals surface area contributed by atoms with Crippen molar-refractivity contribution in [2.75, 3.05) is 12.8 Å². The second-order valence-electron chi connectivity index (χ2n) is 3.26. The monoisotopic (exact) mass is 188 g/mol. The van der Waals surface area contributed by atoms with Gasteiger partial charge >= 0.3 is 0 Å². The highest BCUT2D eigenvalue weighted by Gasteiger charge is 2.04. The van der Waals surface area contributed by atoms with Crippen LogP contribution in [-0.2, 0) is 0 Å². The number of nitrogens with zero attached hydrogens (tertiary/aromatic N) is 1. The van der Waals surface area contributed by atoms with E-state index in [-0.39, 0.29) is 0 Å². The smallest absolute Gasteiger partial charge is 0.221 e. The number of benzene rings is 1. The largest absolute Gasteiger partial charge is 0.481 e. The number of hydrogen-bond donors (Lipinski definition) is 1. The zero-order valence-electron chi connectivity index (χ0n) is 8.24. The number of pyridine rings is 1. The average molecular weight is 188 g/mol. The Morgan fingerprint density at radius 2 is 2.07 bits per heavy atom. The fourth-order valence-electron chi connectivity index (χ4n) is 1.53. The van der Waals surface area contributed by atoms with E-state index in [1.807, 2.05) is 25.1 Å². The van der Waals surface area contributed by atoms with Crippen LogP contribution in [0.2, 0.25) is 0 Å². The standard InChI is InChI=1S/C11H12N2O/c1-7-6-13-11(14-2)9-4-3-8(12)5-10(7)9/h3-6H,12H2,1-2H3. The molecule has 14 heavy (non-hydrogen) atoms. The summed E-state index contributed by atoms with van der Waals surface area (Å²) in [5.41, 5.74) is 7.59. The number of aromatic nitrogens is 1. The van der Waals surface area contributed by atoms with Crippen molar-refractivity contribution in [1.82, 2.24) is 4.98 Å². The van der Waals surface area contributed by atoms with Crippen molar-refractivity contribution in [3.63, 3.8) is 0 Å². The lowest BCUT2D eigenvalue weighted by Gasteiger charge is -2.06. The van der Waals surface area contributed by atoms with Crippen molar-refractivity contribution < 1.29 is 4.74 Å². The van der Waals surface area contributed by atoms with E-state index in [9.17, 15) is 0 Å². The molecule has 2 N–H and O–H groups in total. The molecule has 72 valence electrons. The molecule has 0 bridgehead atoms. The third-order valence-corrected chi connectivity index (χ3v) is 2.27. The lowest BCUT2D eigenvalue weighted by Crippen LogP contribution is -1.92. The molecule has 3 nitrogen and oxygen atoms in total. The Hall–Kier alpha value is -1.77. The summed E-state index contributed by atoms with van der Waals surface area (Å²) < 4.78 is 5.17. The number of hydrogen-bond acceptors (Lipinski definition) is 3. The van der Waals surface area contributed by atoms with Crippen LogP contribution in [-0.4, -0.2) is 12.1 Å². The first-order valence-electron chi connectivity index (χ1n) is 4.41. The molecule has 0 aliphatic heterocycles. The molecule has 2 aromatic rings. The van der Waals surface area contributed by atoms with Gasteiger partial charge in [0.2, 0.25) is 5.88 Å². The van der Waals surface area contributed by atoms with Crippen molar-refractivity contribution in [3.8, 4) is 5.88 Å². The van der Waals surface area contributed by atoms with Gasteiger partial charge < -0.3 is 10.5 Å². The quantitative estimate of drug-likeness (QED) is 0.697. The Balaban J connectivity index is 2.84. The summed E-state index contributed by atoms with van der Waals surface area (Å²) >= 11 is 0. The fraction of sp³-hybridized carbons (Fsp3) is 0.182. The van der Waals surface area contributed by atoms with Gasteiger partial charge in [-0.25, -0.2) is 4.98 Å². The Bertz CT molecular complexity index is 480. The van der Waals surface area contributed by atoms with Crippen LogP contribution in [0.3, 0.4) is 0 Å². The molecule has 1 aromatic heterocycles. The summed E-state index contributed by atoms with van der Waals surface area (Å²) in [5, 5.41) is 2.10. The molecule has 0 radical (unpaired) electrons. The van der Waals surface area contributed by atoms with E-state index in [0.29, 0.717) is 5.88 Å². The summed E-state index contributed by atoms with van der Waals surface area (Å²) in [6.07, 6.45) is 1.79. The molecule has 0 saturated carbocycles. The SMILES string of the molecule is COc1ncc(C)c2cc(N)ccc12. The number of rotatable bonds is 1. The summed E-state index contributed by atoms with van der Waals surface area (Å²) in [5.74, 6) is 0.644. The molecular formula is C11H12N2O. The highest BCUT2D eigenvalue weighted by molar-refractivity contribution is 5.91. The summed E-state index contributed by atoms with van der Waals surface area (Å²) in [4.78, 5) is 4.19. The molecule has 3 heteroatoms. The lowest BCUT2D eigenvalue weighted by molar-refractivity contribution is 0.403. The summed E-state index contributed by atoms with van der Waals surface area (Å²) in [6, 6.07) is 5.73. The average Bonchev–Trinajstić information content (AvgIpc) is 2.19. The number of aryl methyl sites for hydroxylation is 1.